The van der Waals surface area contributed by atoms with Gasteiger partial charge in [0.2, 0.25) is 0 Å². The maximum absolute atomic E-state index is 5.66. The second kappa shape index (κ2) is 15.7. The van der Waals surface area contributed by atoms with Gasteiger partial charge in [0.25, 0.3) is 0 Å². The van der Waals surface area contributed by atoms with Gasteiger partial charge in [-0.1, -0.05) is 72.8 Å². The van der Waals surface area contributed by atoms with E-state index < -0.39 is 0 Å². The highest BCUT2D eigenvalue weighted by atomic mass is 16.5. The van der Waals surface area contributed by atoms with Gasteiger partial charge < -0.3 is 38.5 Å². The van der Waals surface area contributed by atoms with Gasteiger partial charge in [0.15, 0.2) is 12.3 Å². The molecular formula is C58H46N4O4. The molecule has 0 aromatic heterocycles. The van der Waals surface area contributed by atoms with Crippen LogP contribution in [0.3, 0.4) is 0 Å². The lowest BCUT2D eigenvalue weighted by molar-refractivity contribution is 0.415. The normalized spacial score (nSPS) is 13.8. The fourth-order valence-electron chi connectivity index (χ4n) is 10.2. The van der Waals surface area contributed by atoms with Crippen LogP contribution in [0.1, 0.15) is 0 Å². The second-order valence-electron chi connectivity index (χ2n) is 16.9. The van der Waals surface area contributed by atoms with E-state index in [-0.39, 0.29) is 12.3 Å². The predicted molar refractivity (Wildman–Crippen MR) is 271 cm³/mol. The number of fused-ring (bicyclic) bond motifs is 6. The Labute approximate surface area is 383 Å². The Balaban J connectivity index is 1.14. The van der Waals surface area contributed by atoms with E-state index >= 15 is 0 Å². The minimum Gasteiger partial charge on any atom is -0.497 e. The highest BCUT2D eigenvalue weighted by Crippen LogP contribution is 2.56. The van der Waals surface area contributed by atoms with E-state index in [9.17, 15) is 0 Å². The molecule has 2 aliphatic heterocycles. The molecule has 0 amide bonds. The van der Waals surface area contributed by atoms with Gasteiger partial charge in [0, 0.05) is 22.7 Å². The van der Waals surface area contributed by atoms with Crippen LogP contribution < -0.4 is 38.5 Å². The van der Waals surface area contributed by atoms with Gasteiger partial charge in [-0.25, -0.2) is 0 Å². The summed E-state index contributed by atoms with van der Waals surface area (Å²) in [7, 11) is 6.87. The summed E-state index contributed by atoms with van der Waals surface area (Å²) in [6.45, 7) is 0. The molecule has 8 heteroatoms. The Bertz CT molecular complexity index is 3060. The van der Waals surface area contributed by atoms with Crippen molar-refractivity contribution in [2.75, 3.05) is 48.0 Å². The summed E-state index contributed by atoms with van der Waals surface area (Å²) in [5.41, 5.74) is 8.73. The number of benzene rings is 10. The van der Waals surface area contributed by atoms with E-state index in [1.807, 2.05) is 24.3 Å². The van der Waals surface area contributed by atoms with Gasteiger partial charge in [0.05, 0.1) is 51.2 Å². The first-order valence-electron chi connectivity index (χ1n) is 22.2. The van der Waals surface area contributed by atoms with E-state index in [0.29, 0.717) is 0 Å². The van der Waals surface area contributed by atoms with Crippen molar-refractivity contribution in [3.8, 4) is 23.0 Å². The lowest BCUT2D eigenvalue weighted by Gasteiger charge is -2.44. The molecule has 322 valence electrons. The summed E-state index contributed by atoms with van der Waals surface area (Å²) in [5, 5.41) is 8.95. The molecule has 0 N–H and O–H groups in total. The fourth-order valence-corrected chi connectivity index (χ4v) is 10.2. The Kier molecular flexibility index (Phi) is 9.34. The monoisotopic (exact) mass is 862 g/mol. The van der Waals surface area contributed by atoms with Crippen molar-refractivity contribution in [1.29, 1.82) is 0 Å². The number of rotatable bonds is 9. The number of methoxy groups -OCH3 is 4. The van der Waals surface area contributed by atoms with Crippen LogP contribution in [0.2, 0.25) is 0 Å². The fraction of sp³-hybridized carbons (Fsp3) is 0.103. The maximum atomic E-state index is 5.66. The smallest absolute Gasteiger partial charge is 0.151 e. The molecular weight excluding hydrogens is 817 g/mol. The third kappa shape index (κ3) is 6.36. The Hall–Kier alpha value is -8.36. The molecule has 12 rings (SSSR count). The summed E-state index contributed by atoms with van der Waals surface area (Å²) in [6, 6.07) is 70.0. The van der Waals surface area contributed by atoms with Crippen LogP contribution in [0.4, 0.5) is 45.5 Å². The first-order chi connectivity index (χ1) is 32.5. The topological polar surface area (TPSA) is 49.9 Å². The molecule has 0 aliphatic carbocycles. The lowest BCUT2D eigenvalue weighted by Crippen LogP contribution is -2.58. The van der Waals surface area contributed by atoms with Crippen molar-refractivity contribution in [1.82, 2.24) is 0 Å². The average Bonchev–Trinajstić information content (AvgIpc) is 3.90. The molecule has 8 nitrogen and oxygen atoms in total. The predicted octanol–water partition coefficient (Wildman–Crippen LogP) is 14.3. The number of ether oxygens (including phenoxy) is 4. The van der Waals surface area contributed by atoms with E-state index in [2.05, 4.69) is 189 Å². The molecule has 0 unspecified atom stereocenters. The average molecular weight is 863 g/mol. The number of nitrogens with zero attached hydrogens (tertiary/aromatic N) is 4. The minimum atomic E-state index is -0.348. The number of para-hydroxylation sites is 4. The molecule has 10 aromatic carbocycles. The standard InChI is InChI=1S/C58H46N4O4/c1-63-49-25-17-37-29-45(21-13-41(37)33-49)59-53-9-5-6-10-54(53)60(46-22-14-42-34-50(64-2)26-18-38(42)30-46)57(59)58-61(47-23-15-43-35-51(65-3)27-19-39(43)31-47)55-11-7-8-12-56(55)62(58)48-24-16-44-36-52(66-4)28-20-40(44)32-48/h5-36,57-58H,1-4H3. The Morgan fingerprint density at radius 1 is 0.258 bits per heavy atom. The Morgan fingerprint density at radius 3 is 0.697 bits per heavy atom. The van der Waals surface area contributed by atoms with Crippen LogP contribution >= 0.6 is 0 Å². The quantitative estimate of drug-likeness (QED) is 0.142. The zero-order valence-electron chi connectivity index (χ0n) is 37.1. The van der Waals surface area contributed by atoms with E-state index in [1.54, 1.807) is 28.4 Å². The molecule has 2 heterocycles. The highest BCUT2D eigenvalue weighted by molar-refractivity contribution is 6.00. The molecule has 10 aromatic rings. The van der Waals surface area contributed by atoms with E-state index in [4.69, 9.17) is 18.9 Å². The van der Waals surface area contributed by atoms with Crippen LogP contribution in [0.5, 0.6) is 23.0 Å². The van der Waals surface area contributed by atoms with Gasteiger partial charge in [0.1, 0.15) is 23.0 Å². The Morgan fingerprint density at radius 2 is 0.470 bits per heavy atom. The zero-order valence-corrected chi connectivity index (χ0v) is 37.1. The first-order valence-corrected chi connectivity index (χ1v) is 22.2. The van der Waals surface area contributed by atoms with Crippen LogP contribution in [-0.2, 0) is 0 Å². The molecule has 66 heavy (non-hydrogen) atoms. The maximum Gasteiger partial charge on any atom is 0.151 e. The lowest BCUT2D eigenvalue weighted by atomic mass is 10.1. The molecule has 0 saturated heterocycles. The number of anilines is 8. The third-order valence-electron chi connectivity index (χ3n) is 13.4. The van der Waals surface area contributed by atoms with Gasteiger partial charge >= 0.3 is 0 Å². The SMILES string of the molecule is COc1ccc2cc(N3c4ccccc4N(c4ccc5cc(OC)ccc5c4)C3C3N(c4ccc5cc(OC)ccc5c4)c4ccccc4N3c3ccc4cc(OC)ccc4c3)ccc2c1. The van der Waals surface area contributed by atoms with Crippen molar-refractivity contribution in [2.45, 2.75) is 12.3 Å². The summed E-state index contributed by atoms with van der Waals surface area (Å²) in [4.78, 5) is 10.2. The van der Waals surface area contributed by atoms with Crippen LogP contribution in [0.25, 0.3) is 43.1 Å². The third-order valence-corrected chi connectivity index (χ3v) is 13.4. The van der Waals surface area contributed by atoms with E-state index in [0.717, 1.165) is 112 Å². The number of hydrogen-bond donors (Lipinski definition) is 0. The van der Waals surface area contributed by atoms with E-state index in [1.165, 1.54) is 0 Å². The molecule has 0 radical (unpaired) electrons. The van der Waals surface area contributed by atoms with Gasteiger partial charge in [-0.05, 0) is 164 Å². The first kappa shape index (κ1) is 39.2. The van der Waals surface area contributed by atoms with Crippen LogP contribution in [-0.4, -0.2) is 40.8 Å². The summed E-state index contributed by atoms with van der Waals surface area (Å²) in [6.07, 6.45) is -0.696. The van der Waals surface area contributed by atoms with Gasteiger partial charge in [-0.3, -0.25) is 0 Å². The molecule has 0 atom stereocenters. The molecule has 0 spiro atoms. The molecule has 2 aliphatic rings. The second-order valence-corrected chi connectivity index (χ2v) is 16.9. The number of hydrogen-bond acceptors (Lipinski definition) is 8. The molecule has 0 bridgehead atoms. The van der Waals surface area contributed by atoms with Crippen LogP contribution in [0.15, 0.2) is 194 Å². The van der Waals surface area contributed by atoms with Crippen molar-refractivity contribution in [3.05, 3.63) is 194 Å². The summed E-state index contributed by atoms with van der Waals surface area (Å²) in [5.74, 6) is 3.32. The van der Waals surface area contributed by atoms with Gasteiger partial charge in [-0.15, -0.1) is 0 Å². The molecule has 0 fully saturated rings. The van der Waals surface area contributed by atoms with Crippen molar-refractivity contribution in [2.24, 2.45) is 0 Å². The molecule has 0 saturated carbocycles. The minimum absolute atomic E-state index is 0.348. The summed E-state index contributed by atoms with van der Waals surface area (Å²) < 4.78 is 22.6. The van der Waals surface area contributed by atoms with Gasteiger partial charge in [-0.2, -0.15) is 0 Å². The van der Waals surface area contributed by atoms with Crippen molar-refractivity contribution < 1.29 is 18.9 Å². The van der Waals surface area contributed by atoms with Crippen LogP contribution in [0, 0.1) is 0 Å². The highest BCUT2D eigenvalue weighted by Gasteiger charge is 2.51. The summed E-state index contributed by atoms with van der Waals surface area (Å²) >= 11 is 0. The van der Waals surface area contributed by atoms with Crippen molar-refractivity contribution in [3.63, 3.8) is 0 Å². The van der Waals surface area contributed by atoms with Crippen molar-refractivity contribution >= 4 is 88.6 Å². The zero-order chi connectivity index (χ0) is 44.5. The largest absolute Gasteiger partial charge is 0.497 e.